The van der Waals surface area contributed by atoms with Gasteiger partial charge in [-0.25, -0.2) is 0 Å². The first-order chi connectivity index (χ1) is 5.99. The SMILES string of the molecule is C=C[C@@H](O)[C@@H](C)C(=O)OCC(C)C. The fourth-order valence-electron chi connectivity index (χ4n) is 0.724. The van der Waals surface area contributed by atoms with Crippen molar-refractivity contribution in [1.29, 1.82) is 0 Å². The molecule has 0 aromatic heterocycles. The van der Waals surface area contributed by atoms with E-state index < -0.39 is 12.0 Å². The number of carbonyl (C=O) groups is 1. The highest BCUT2D eigenvalue weighted by Gasteiger charge is 2.20. The molecule has 0 saturated carbocycles. The standard InChI is InChI=1S/C10H18O3/c1-5-9(11)8(4)10(12)13-6-7(2)3/h5,7-9,11H,1,6H2,2-4H3/t8-,9-/m1/s1. The smallest absolute Gasteiger partial charge is 0.311 e. The first kappa shape index (κ1) is 12.2. The van der Waals surface area contributed by atoms with E-state index in [1.54, 1.807) is 6.92 Å². The molecule has 0 aromatic carbocycles. The molecule has 0 spiro atoms. The zero-order valence-electron chi connectivity index (χ0n) is 8.49. The van der Waals surface area contributed by atoms with Crippen LogP contribution in [-0.4, -0.2) is 23.8 Å². The number of carbonyl (C=O) groups excluding carboxylic acids is 1. The van der Waals surface area contributed by atoms with Crippen molar-refractivity contribution in [3.05, 3.63) is 12.7 Å². The fraction of sp³-hybridized carbons (Fsp3) is 0.700. The summed E-state index contributed by atoms with van der Waals surface area (Å²) in [6.07, 6.45) is 0.515. The maximum Gasteiger partial charge on any atom is 0.311 e. The van der Waals surface area contributed by atoms with Crippen molar-refractivity contribution in [1.82, 2.24) is 0 Å². The van der Waals surface area contributed by atoms with Gasteiger partial charge in [0.25, 0.3) is 0 Å². The van der Waals surface area contributed by atoms with Crippen LogP contribution in [0.3, 0.4) is 0 Å². The van der Waals surface area contributed by atoms with Crippen molar-refractivity contribution in [3.8, 4) is 0 Å². The third kappa shape index (κ3) is 4.68. The highest BCUT2D eigenvalue weighted by atomic mass is 16.5. The lowest BCUT2D eigenvalue weighted by Gasteiger charge is -2.15. The van der Waals surface area contributed by atoms with Gasteiger partial charge < -0.3 is 9.84 Å². The van der Waals surface area contributed by atoms with Gasteiger partial charge in [-0.15, -0.1) is 6.58 Å². The van der Waals surface area contributed by atoms with Gasteiger partial charge in [0.15, 0.2) is 0 Å². The largest absolute Gasteiger partial charge is 0.465 e. The number of hydrogen-bond donors (Lipinski definition) is 1. The van der Waals surface area contributed by atoms with E-state index in [0.29, 0.717) is 12.5 Å². The summed E-state index contributed by atoms with van der Waals surface area (Å²) in [5.74, 6) is -0.589. The lowest BCUT2D eigenvalue weighted by atomic mass is 10.1. The second kappa shape index (κ2) is 5.75. The number of hydrogen-bond acceptors (Lipinski definition) is 3. The molecule has 0 rings (SSSR count). The number of esters is 1. The van der Waals surface area contributed by atoms with Gasteiger partial charge >= 0.3 is 5.97 Å². The molecule has 0 aromatic rings. The van der Waals surface area contributed by atoms with Crippen LogP contribution >= 0.6 is 0 Å². The second-order valence-corrected chi connectivity index (χ2v) is 3.54. The molecule has 0 heterocycles. The molecule has 0 saturated heterocycles. The second-order valence-electron chi connectivity index (χ2n) is 3.54. The zero-order valence-corrected chi connectivity index (χ0v) is 8.49. The summed E-state index contributed by atoms with van der Waals surface area (Å²) < 4.78 is 4.94. The van der Waals surface area contributed by atoms with E-state index in [1.165, 1.54) is 6.08 Å². The normalized spacial score (nSPS) is 15.2. The molecule has 0 radical (unpaired) electrons. The van der Waals surface area contributed by atoms with E-state index in [0.717, 1.165) is 0 Å². The molecule has 0 aliphatic carbocycles. The van der Waals surface area contributed by atoms with Crippen molar-refractivity contribution < 1.29 is 14.6 Å². The lowest BCUT2D eigenvalue weighted by molar-refractivity contribution is -0.151. The van der Waals surface area contributed by atoms with Crippen LogP contribution in [0.5, 0.6) is 0 Å². The van der Waals surface area contributed by atoms with Gasteiger partial charge in [-0.05, 0) is 12.8 Å². The zero-order chi connectivity index (χ0) is 10.4. The van der Waals surface area contributed by atoms with E-state index in [1.807, 2.05) is 13.8 Å². The van der Waals surface area contributed by atoms with Crippen molar-refractivity contribution in [3.63, 3.8) is 0 Å². The summed E-state index contributed by atoms with van der Waals surface area (Å²) in [5, 5.41) is 9.24. The Morgan fingerprint density at radius 1 is 1.54 bits per heavy atom. The molecule has 3 heteroatoms. The van der Waals surface area contributed by atoms with E-state index in [4.69, 9.17) is 4.74 Å². The molecule has 1 N–H and O–H groups in total. The van der Waals surface area contributed by atoms with E-state index in [2.05, 4.69) is 6.58 Å². The first-order valence-corrected chi connectivity index (χ1v) is 4.46. The number of aliphatic hydroxyl groups is 1. The number of rotatable bonds is 5. The van der Waals surface area contributed by atoms with Gasteiger partial charge in [-0.3, -0.25) is 4.79 Å². The highest BCUT2D eigenvalue weighted by molar-refractivity contribution is 5.72. The van der Waals surface area contributed by atoms with Gasteiger partial charge in [0.05, 0.1) is 18.6 Å². The molecule has 76 valence electrons. The van der Waals surface area contributed by atoms with Crippen molar-refractivity contribution >= 4 is 5.97 Å². The van der Waals surface area contributed by atoms with E-state index in [9.17, 15) is 9.90 Å². The first-order valence-electron chi connectivity index (χ1n) is 4.46. The third-order valence-corrected chi connectivity index (χ3v) is 1.68. The van der Waals surface area contributed by atoms with Gasteiger partial charge in [0, 0.05) is 0 Å². The van der Waals surface area contributed by atoms with Crippen LogP contribution in [0.1, 0.15) is 20.8 Å². The maximum absolute atomic E-state index is 11.2. The van der Waals surface area contributed by atoms with Crippen molar-refractivity contribution in [2.24, 2.45) is 11.8 Å². The number of ether oxygens (including phenoxy) is 1. The molecular formula is C10H18O3. The monoisotopic (exact) mass is 186 g/mol. The molecule has 0 fully saturated rings. The summed E-state index contributed by atoms with van der Waals surface area (Å²) in [5.41, 5.74) is 0. The predicted octanol–water partition coefficient (Wildman–Crippen LogP) is 1.37. The minimum atomic E-state index is -0.820. The van der Waals surface area contributed by atoms with Crippen molar-refractivity contribution in [2.45, 2.75) is 26.9 Å². The van der Waals surface area contributed by atoms with Gasteiger partial charge in [-0.2, -0.15) is 0 Å². The summed E-state index contributed by atoms with van der Waals surface area (Å²) in [6, 6.07) is 0. The minimum absolute atomic E-state index is 0.317. The quantitative estimate of drug-likeness (QED) is 0.521. The van der Waals surface area contributed by atoms with Gasteiger partial charge in [0.1, 0.15) is 0 Å². The van der Waals surface area contributed by atoms with Crippen LogP contribution in [-0.2, 0) is 9.53 Å². The molecule has 0 aliphatic heterocycles. The average Bonchev–Trinajstić information content (AvgIpc) is 2.11. The number of aliphatic hydroxyl groups excluding tert-OH is 1. The molecular weight excluding hydrogens is 168 g/mol. The molecule has 13 heavy (non-hydrogen) atoms. The molecule has 0 unspecified atom stereocenters. The fourth-order valence-corrected chi connectivity index (χ4v) is 0.724. The Hall–Kier alpha value is -0.830. The van der Waals surface area contributed by atoms with Gasteiger partial charge in [-0.1, -0.05) is 19.9 Å². The molecule has 0 aliphatic rings. The molecule has 2 atom stereocenters. The van der Waals surface area contributed by atoms with Crippen molar-refractivity contribution in [2.75, 3.05) is 6.61 Å². The Morgan fingerprint density at radius 3 is 2.46 bits per heavy atom. The Kier molecular flexibility index (Phi) is 5.39. The van der Waals surface area contributed by atoms with Crippen LogP contribution in [0.25, 0.3) is 0 Å². The topological polar surface area (TPSA) is 46.5 Å². The Balaban J connectivity index is 3.89. The predicted molar refractivity (Wildman–Crippen MR) is 51.2 cm³/mol. The van der Waals surface area contributed by atoms with Crippen LogP contribution in [0.4, 0.5) is 0 Å². The van der Waals surface area contributed by atoms with Crippen LogP contribution in [0, 0.1) is 11.8 Å². The summed E-state index contributed by atoms with van der Waals surface area (Å²) >= 11 is 0. The Morgan fingerprint density at radius 2 is 2.08 bits per heavy atom. The lowest BCUT2D eigenvalue weighted by Crippen LogP contribution is -2.26. The van der Waals surface area contributed by atoms with Crippen LogP contribution in [0.2, 0.25) is 0 Å². The van der Waals surface area contributed by atoms with Crippen LogP contribution in [0.15, 0.2) is 12.7 Å². The maximum atomic E-state index is 11.2. The molecule has 3 nitrogen and oxygen atoms in total. The summed E-state index contributed by atoms with van der Waals surface area (Å²) in [7, 11) is 0. The Labute approximate surface area is 79.4 Å². The van der Waals surface area contributed by atoms with E-state index >= 15 is 0 Å². The summed E-state index contributed by atoms with van der Waals surface area (Å²) in [4.78, 5) is 11.2. The molecule has 0 amide bonds. The third-order valence-electron chi connectivity index (χ3n) is 1.68. The van der Waals surface area contributed by atoms with E-state index in [-0.39, 0.29) is 5.97 Å². The summed E-state index contributed by atoms with van der Waals surface area (Å²) in [6.45, 7) is 9.34. The molecule has 0 bridgehead atoms. The van der Waals surface area contributed by atoms with Crippen LogP contribution < -0.4 is 0 Å². The van der Waals surface area contributed by atoms with Gasteiger partial charge in [0.2, 0.25) is 0 Å². The highest BCUT2D eigenvalue weighted by Crippen LogP contribution is 2.07. The minimum Gasteiger partial charge on any atom is -0.465 e. The Bertz CT molecular complexity index is 175. The average molecular weight is 186 g/mol.